The lowest BCUT2D eigenvalue weighted by Gasteiger charge is -2.19. The first-order valence-corrected chi connectivity index (χ1v) is 8.01. The maximum absolute atomic E-state index is 5.71. The number of hydrogen-bond donors (Lipinski definition) is 0. The summed E-state index contributed by atoms with van der Waals surface area (Å²) < 4.78 is 22.0. The van der Waals surface area contributed by atoms with E-state index in [2.05, 4.69) is 0 Å². The van der Waals surface area contributed by atoms with Gasteiger partial charge in [-0.25, -0.2) is 0 Å². The summed E-state index contributed by atoms with van der Waals surface area (Å²) >= 11 is 11.1. The van der Waals surface area contributed by atoms with Crippen LogP contribution in [0.1, 0.15) is 11.9 Å². The Balaban J connectivity index is 2.32. The Morgan fingerprint density at radius 3 is 1.71 bits per heavy atom. The van der Waals surface area contributed by atoms with Crippen molar-refractivity contribution in [3.05, 3.63) is 35.9 Å². The highest BCUT2D eigenvalue weighted by Gasteiger charge is 2.11. The van der Waals surface area contributed by atoms with Gasteiger partial charge in [0.15, 0.2) is 6.29 Å². The molecule has 6 heteroatoms. The van der Waals surface area contributed by atoms with Crippen LogP contribution >= 0.6 is 23.2 Å². The fourth-order valence-electron chi connectivity index (χ4n) is 1.59. The van der Waals surface area contributed by atoms with E-state index in [0.29, 0.717) is 51.4 Å². The molecule has 0 unspecified atom stereocenters. The van der Waals surface area contributed by atoms with Crippen LogP contribution < -0.4 is 0 Å². The van der Waals surface area contributed by atoms with Crippen molar-refractivity contribution >= 4 is 23.2 Å². The molecule has 0 spiro atoms. The molecule has 4 nitrogen and oxygen atoms in total. The van der Waals surface area contributed by atoms with Gasteiger partial charge in [-0.1, -0.05) is 30.3 Å². The standard InChI is InChI=1S/C15H22Cl2O4/c16-6-8-18-10-12-20-15(14-4-2-1-3-5-14)21-13-11-19-9-7-17/h1-5,15H,6-13H2. The summed E-state index contributed by atoms with van der Waals surface area (Å²) in [4.78, 5) is 0. The van der Waals surface area contributed by atoms with E-state index in [1.54, 1.807) is 0 Å². The second-order valence-electron chi connectivity index (χ2n) is 4.09. The Bertz CT molecular complexity index is 324. The summed E-state index contributed by atoms with van der Waals surface area (Å²) in [5.74, 6) is 0.965. The fraction of sp³-hybridized carbons (Fsp3) is 0.600. The first-order chi connectivity index (χ1) is 10.4. The molecule has 0 aliphatic carbocycles. The Morgan fingerprint density at radius 2 is 1.24 bits per heavy atom. The third-order valence-electron chi connectivity index (χ3n) is 2.51. The quantitative estimate of drug-likeness (QED) is 0.315. The number of ether oxygens (including phenoxy) is 4. The largest absolute Gasteiger partial charge is 0.378 e. The van der Waals surface area contributed by atoms with Crippen LogP contribution in [0.3, 0.4) is 0 Å². The van der Waals surface area contributed by atoms with Crippen LogP contribution in [0.2, 0.25) is 0 Å². The number of alkyl halides is 2. The van der Waals surface area contributed by atoms with Gasteiger partial charge in [0, 0.05) is 17.3 Å². The fourth-order valence-corrected chi connectivity index (χ4v) is 1.81. The zero-order valence-corrected chi connectivity index (χ0v) is 13.5. The van der Waals surface area contributed by atoms with Gasteiger partial charge in [-0.2, -0.15) is 0 Å². The molecule has 21 heavy (non-hydrogen) atoms. The van der Waals surface area contributed by atoms with Crippen LogP contribution in [-0.2, 0) is 18.9 Å². The highest BCUT2D eigenvalue weighted by Crippen LogP contribution is 2.18. The Labute approximate surface area is 136 Å². The van der Waals surface area contributed by atoms with Gasteiger partial charge in [0.1, 0.15) is 0 Å². The first kappa shape index (κ1) is 18.7. The number of halogens is 2. The topological polar surface area (TPSA) is 36.9 Å². The van der Waals surface area contributed by atoms with Crippen LogP contribution in [0.4, 0.5) is 0 Å². The van der Waals surface area contributed by atoms with Gasteiger partial charge in [0.2, 0.25) is 0 Å². The van der Waals surface area contributed by atoms with E-state index in [4.69, 9.17) is 42.1 Å². The lowest BCUT2D eigenvalue weighted by molar-refractivity contribution is -0.161. The van der Waals surface area contributed by atoms with E-state index in [9.17, 15) is 0 Å². The molecule has 0 fully saturated rings. The van der Waals surface area contributed by atoms with Gasteiger partial charge >= 0.3 is 0 Å². The smallest absolute Gasteiger partial charge is 0.184 e. The van der Waals surface area contributed by atoms with Crippen molar-refractivity contribution in [3.63, 3.8) is 0 Å². The molecule has 120 valence electrons. The van der Waals surface area contributed by atoms with Crippen LogP contribution in [0.15, 0.2) is 30.3 Å². The molecule has 0 saturated carbocycles. The average molecular weight is 337 g/mol. The summed E-state index contributed by atoms with van der Waals surface area (Å²) in [6.45, 7) is 2.91. The molecule has 1 aromatic rings. The van der Waals surface area contributed by atoms with Gasteiger partial charge in [0.25, 0.3) is 0 Å². The lowest BCUT2D eigenvalue weighted by atomic mass is 10.2. The Morgan fingerprint density at radius 1 is 0.714 bits per heavy atom. The number of benzene rings is 1. The summed E-state index contributed by atoms with van der Waals surface area (Å²) in [5.41, 5.74) is 0.965. The van der Waals surface area contributed by atoms with Crippen LogP contribution in [-0.4, -0.2) is 51.4 Å². The maximum Gasteiger partial charge on any atom is 0.184 e. The van der Waals surface area contributed by atoms with E-state index >= 15 is 0 Å². The summed E-state index contributed by atoms with van der Waals surface area (Å²) in [6.07, 6.45) is -0.426. The third kappa shape index (κ3) is 9.30. The zero-order chi connectivity index (χ0) is 15.2. The van der Waals surface area contributed by atoms with Crippen molar-refractivity contribution < 1.29 is 18.9 Å². The summed E-state index contributed by atoms with van der Waals surface area (Å²) in [6, 6.07) is 9.77. The minimum absolute atomic E-state index is 0.426. The zero-order valence-electron chi connectivity index (χ0n) is 12.0. The van der Waals surface area contributed by atoms with E-state index in [1.165, 1.54) is 0 Å². The number of rotatable bonds is 13. The SMILES string of the molecule is ClCCOCCOC(OCCOCCCl)c1ccccc1. The Kier molecular flexibility index (Phi) is 11.8. The monoisotopic (exact) mass is 336 g/mol. The predicted octanol–water partition coefficient (Wildman–Crippen LogP) is 3.23. The normalized spacial score (nSPS) is 11.2. The first-order valence-electron chi connectivity index (χ1n) is 6.94. The molecule has 0 atom stereocenters. The van der Waals surface area contributed by atoms with Crippen molar-refractivity contribution in [2.75, 3.05) is 51.4 Å². The summed E-state index contributed by atoms with van der Waals surface area (Å²) in [5, 5.41) is 0. The molecule has 0 aliphatic rings. The molecule has 0 bridgehead atoms. The van der Waals surface area contributed by atoms with Gasteiger partial charge in [0.05, 0.1) is 39.6 Å². The third-order valence-corrected chi connectivity index (χ3v) is 2.82. The highest BCUT2D eigenvalue weighted by molar-refractivity contribution is 6.18. The van der Waals surface area contributed by atoms with Gasteiger partial charge in [-0.15, -0.1) is 23.2 Å². The molecule has 0 aromatic heterocycles. The van der Waals surface area contributed by atoms with Gasteiger partial charge in [-0.3, -0.25) is 0 Å². The van der Waals surface area contributed by atoms with Crippen LogP contribution in [0.5, 0.6) is 0 Å². The van der Waals surface area contributed by atoms with Gasteiger partial charge in [-0.05, 0) is 0 Å². The Hall–Kier alpha value is -0.360. The van der Waals surface area contributed by atoms with Gasteiger partial charge < -0.3 is 18.9 Å². The summed E-state index contributed by atoms with van der Waals surface area (Å²) in [7, 11) is 0. The van der Waals surface area contributed by atoms with Crippen molar-refractivity contribution in [1.29, 1.82) is 0 Å². The predicted molar refractivity (Wildman–Crippen MR) is 84.2 cm³/mol. The second-order valence-corrected chi connectivity index (χ2v) is 4.84. The number of hydrogen-bond acceptors (Lipinski definition) is 4. The lowest BCUT2D eigenvalue weighted by Crippen LogP contribution is -2.16. The maximum atomic E-state index is 5.71. The van der Waals surface area contributed by atoms with Crippen molar-refractivity contribution in [2.45, 2.75) is 6.29 Å². The highest BCUT2D eigenvalue weighted by atomic mass is 35.5. The van der Waals surface area contributed by atoms with Crippen LogP contribution in [0, 0.1) is 0 Å². The molecule has 0 heterocycles. The van der Waals surface area contributed by atoms with E-state index in [1.807, 2.05) is 30.3 Å². The van der Waals surface area contributed by atoms with Crippen molar-refractivity contribution in [1.82, 2.24) is 0 Å². The van der Waals surface area contributed by atoms with E-state index in [-0.39, 0.29) is 0 Å². The molecule has 0 saturated heterocycles. The van der Waals surface area contributed by atoms with Crippen molar-refractivity contribution in [2.24, 2.45) is 0 Å². The molecule has 0 aliphatic heterocycles. The average Bonchev–Trinajstić information content (AvgIpc) is 2.53. The van der Waals surface area contributed by atoms with Crippen LogP contribution in [0.25, 0.3) is 0 Å². The molecular formula is C15H22Cl2O4. The molecule has 0 N–H and O–H groups in total. The van der Waals surface area contributed by atoms with E-state index in [0.717, 1.165) is 5.56 Å². The molecule has 1 aromatic carbocycles. The van der Waals surface area contributed by atoms with Crippen molar-refractivity contribution in [3.8, 4) is 0 Å². The minimum atomic E-state index is -0.426. The molecular weight excluding hydrogens is 315 g/mol. The second kappa shape index (κ2) is 13.3. The van der Waals surface area contributed by atoms with E-state index < -0.39 is 6.29 Å². The molecule has 1 rings (SSSR count). The minimum Gasteiger partial charge on any atom is -0.378 e. The molecule has 0 radical (unpaired) electrons. The molecule has 0 amide bonds.